The number of nitrogens with zero attached hydrogens (tertiary/aromatic N) is 1. The summed E-state index contributed by atoms with van der Waals surface area (Å²) in [4.78, 5) is 22.9. The summed E-state index contributed by atoms with van der Waals surface area (Å²) in [6.45, 7) is 0. The van der Waals surface area contributed by atoms with Gasteiger partial charge in [0, 0.05) is 12.1 Å². The van der Waals surface area contributed by atoms with Gasteiger partial charge in [-0.15, -0.1) is 0 Å². The van der Waals surface area contributed by atoms with Crippen LogP contribution in [0.1, 0.15) is 5.56 Å². The predicted octanol–water partition coefficient (Wildman–Crippen LogP) is 2.16. The van der Waals surface area contributed by atoms with Gasteiger partial charge in [0.2, 0.25) is 0 Å². The summed E-state index contributed by atoms with van der Waals surface area (Å²) < 4.78 is 0. The average molecular weight is 358 g/mol. The summed E-state index contributed by atoms with van der Waals surface area (Å²) >= 11 is 0.850. The molecular weight excluding hydrogens is 342 g/mol. The number of nitro benzene ring substituents is 1. The van der Waals surface area contributed by atoms with Crippen molar-refractivity contribution in [3.8, 4) is 0 Å². The number of nitrogens with one attached hydrogen (secondary N) is 1. The minimum Gasteiger partial charge on any atom is -0.873 e. The maximum atomic E-state index is 12.5. The number of hydrogen-bond donors (Lipinski definition) is 2. The number of benzene rings is 2. The quantitative estimate of drug-likeness (QED) is 0.622. The molecule has 1 amide bonds. The van der Waals surface area contributed by atoms with Crippen LogP contribution >= 0.6 is 11.8 Å². The van der Waals surface area contributed by atoms with Crippen LogP contribution in [-0.2, 0) is 11.2 Å². The van der Waals surface area contributed by atoms with E-state index in [-0.39, 0.29) is 27.4 Å². The Bertz CT molecular complexity index is 824. The number of nitro groups is 1. The fourth-order valence-corrected chi connectivity index (χ4v) is 3.46. The summed E-state index contributed by atoms with van der Waals surface area (Å²) in [6.07, 6.45) is 0.395. The number of carbonyl (C=O) groups is 1. The van der Waals surface area contributed by atoms with Gasteiger partial charge in [-0.3, -0.25) is 14.9 Å². The third kappa shape index (κ3) is 3.98. The molecule has 0 saturated heterocycles. The first-order valence-corrected chi connectivity index (χ1v) is 8.05. The van der Waals surface area contributed by atoms with Crippen LogP contribution in [0.4, 0.5) is 5.69 Å². The van der Waals surface area contributed by atoms with E-state index in [2.05, 4.69) is 5.32 Å². The van der Waals surface area contributed by atoms with Crippen molar-refractivity contribution in [2.24, 2.45) is 0 Å². The number of para-hydroxylation sites is 1. The zero-order valence-electron chi connectivity index (χ0n) is 13.2. The van der Waals surface area contributed by atoms with Gasteiger partial charge < -0.3 is 16.6 Å². The van der Waals surface area contributed by atoms with Gasteiger partial charge in [0.15, 0.2) is 0 Å². The summed E-state index contributed by atoms with van der Waals surface area (Å²) in [5.41, 5.74) is 0.815. The van der Waals surface area contributed by atoms with Gasteiger partial charge in [0.25, 0.3) is 11.6 Å². The first kappa shape index (κ1) is 18.5. The number of hydrogen-bond acceptors (Lipinski definition) is 6. The minimum atomic E-state index is -0.634. The van der Waals surface area contributed by atoms with Gasteiger partial charge in [-0.1, -0.05) is 60.0 Å². The molecule has 0 aliphatic carbocycles. The van der Waals surface area contributed by atoms with Gasteiger partial charge in [0.05, 0.1) is 14.7 Å². The molecule has 2 aromatic rings. The van der Waals surface area contributed by atoms with E-state index in [0.717, 1.165) is 17.3 Å². The van der Waals surface area contributed by atoms with E-state index in [0.29, 0.717) is 6.42 Å². The third-order valence-corrected chi connectivity index (χ3v) is 4.76. The lowest BCUT2D eigenvalue weighted by molar-refractivity contribution is -0.387. The molecule has 1 aliphatic heterocycles. The van der Waals surface area contributed by atoms with Crippen LogP contribution in [0.2, 0.25) is 0 Å². The van der Waals surface area contributed by atoms with Gasteiger partial charge in [-0.2, -0.15) is 0 Å². The highest BCUT2D eigenvalue weighted by molar-refractivity contribution is 8.04. The lowest BCUT2D eigenvalue weighted by atomic mass is 10.1. The van der Waals surface area contributed by atoms with E-state index in [9.17, 15) is 20.0 Å². The molecule has 0 spiro atoms. The molecule has 2 aromatic carbocycles. The number of rotatable bonds is 5. The number of amides is 1. The SMILES string of the molecule is N.O=C1N[C@H](Cc2ccccc2)C([O-])=C1Sc1ccccc1[N+](=O)[O-]. The fourth-order valence-electron chi connectivity index (χ4n) is 2.45. The standard InChI is InChI=1S/C17H14N2O4S.H3N/c20-15-12(10-11-6-2-1-3-7-11)18-17(21)16(15)24-14-9-5-4-8-13(14)19(22)23;/h1-9,12,20H,10H2,(H,18,21);1H3/p-1/t12-;/m1./s1. The Morgan fingerprint density at radius 3 is 2.40 bits per heavy atom. The third-order valence-electron chi connectivity index (χ3n) is 3.61. The lowest BCUT2D eigenvalue weighted by Gasteiger charge is -2.19. The molecular formula is C17H16N3O4S-. The fraction of sp³-hybridized carbons (Fsp3) is 0.118. The molecule has 4 N–H and O–H groups in total. The van der Waals surface area contributed by atoms with E-state index in [1.165, 1.54) is 12.1 Å². The molecule has 0 aromatic heterocycles. The Labute approximate surface area is 148 Å². The molecule has 1 atom stereocenters. The van der Waals surface area contributed by atoms with Crippen LogP contribution in [0.25, 0.3) is 0 Å². The Kier molecular flexibility index (Phi) is 5.79. The van der Waals surface area contributed by atoms with Crippen LogP contribution in [0.5, 0.6) is 0 Å². The predicted molar refractivity (Wildman–Crippen MR) is 93.1 cm³/mol. The summed E-state index contributed by atoms with van der Waals surface area (Å²) in [7, 11) is 0. The zero-order valence-corrected chi connectivity index (χ0v) is 14.0. The van der Waals surface area contributed by atoms with Crippen molar-refractivity contribution in [3.63, 3.8) is 0 Å². The molecule has 8 heteroatoms. The molecule has 0 fully saturated rings. The summed E-state index contributed by atoms with van der Waals surface area (Å²) in [5.74, 6) is -0.809. The molecule has 3 rings (SSSR count). The van der Waals surface area contributed by atoms with Gasteiger partial charge in [-0.25, -0.2) is 0 Å². The van der Waals surface area contributed by atoms with Crippen LogP contribution in [0.3, 0.4) is 0 Å². The molecule has 0 bridgehead atoms. The Balaban J connectivity index is 0.00000225. The molecule has 130 valence electrons. The summed E-state index contributed by atoms with van der Waals surface area (Å²) in [6, 6.07) is 14.8. The van der Waals surface area contributed by atoms with E-state index in [1.807, 2.05) is 30.3 Å². The smallest absolute Gasteiger partial charge is 0.283 e. The van der Waals surface area contributed by atoms with E-state index < -0.39 is 16.9 Å². The minimum absolute atomic E-state index is 0. The van der Waals surface area contributed by atoms with Crippen molar-refractivity contribution in [1.82, 2.24) is 11.5 Å². The number of carbonyl (C=O) groups excluding carboxylic acids is 1. The highest BCUT2D eigenvalue weighted by Gasteiger charge is 2.28. The normalized spacial score (nSPS) is 16.3. The first-order valence-electron chi connectivity index (χ1n) is 7.23. The second-order valence-corrected chi connectivity index (χ2v) is 6.29. The second kappa shape index (κ2) is 7.82. The van der Waals surface area contributed by atoms with Crippen molar-refractivity contribution in [1.29, 1.82) is 0 Å². The lowest BCUT2D eigenvalue weighted by Crippen LogP contribution is -2.33. The van der Waals surface area contributed by atoms with E-state index in [1.54, 1.807) is 12.1 Å². The van der Waals surface area contributed by atoms with Crippen molar-refractivity contribution < 1.29 is 14.8 Å². The zero-order chi connectivity index (χ0) is 17.1. The maximum absolute atomic E-state index is 12.5. The maximum Gasteiger partial charge on any atom is 0.283 e. The van der Waals surface area contributed by atoms with Crippen molar-refractivity contribution >= 4 is 23.4 Å². The highest BCUT2D eigenvalue weighted by atomic mass is 32.2. The molecule has 0 unspecified atom stereocenters. The van der Waals surface area contributed by atoms with Crippen LogP contribution < -0.4 is 16.6 Å². The average Bonchev–Trinajstić information content (AvgIpc) is 2.84. The highest BCUT2D eigenvalue weighted by Crippen LogP contribution is 2.37. The van der Waals surface area contributed by atoms with Crippen molar-refractivity contribution in [3.05, 3.63) is 80.9 Å². The Morgan fingerprint density at radius 1 is 1.08 bits per heavy atom. The molecule has 0 radical (unpaired) electrons. The topological polar surface area (TPSA) is 130 Å². The summed E-state index contributed by atoms with van der Waals surface area (Å²) in [5, 5.41) is 26.2. The molecule has 1 aliphatic rings. The second-order valence-electron chi connectivity index (χ2n) is 5.24. The Hall–Kier alpha value is -2.84. The van der Waals surface area contributed by atoms with Crippen molar-refractivity contribution in [2.75, 3.05) is 0 Å². The van der Waals surface area contributed by atoms with Gasteiger partial charge in [0.1, 0.15) is 0 Å². The number of thioether (sulfide) groups is 1. The monoisotopic (exact) mass is 358 g/mol. The van der Waals surface area contributed by atoms with Crippen molar-refractivity contribution in [2.45, 2.75) is 17.4 Å². The first-order chi connectivity index (χ1) is 11.6. The van der Waals surface area contributed by atoms with Crippen LogP contribution in [-0.4, -0.2) is 16.9 Å². The van der Waals surface area contributed by atoms with E-state index in [4.69, 9.17) is 0 Å². The largest absolute Gasteiger partial charge is 0.873 e. The molecule has 25 heavy (non-hydrogen) atoms. The molecule has 1 heterocycles. The van der Waals surface area contributed by atoms with E-state index >= 15 is 0 Å². The van der Waals surface area contributed by atoms with Gasteiger partial charge in [-0.05, 0) is 18.1 Å². The van der Waals surface area contributed by atoms with Crippen LogP contribution in [0.15, 0.2) is 70.2 Å². The van der Waals surface area contributed by atoms with Crippen LogP contribution in [0, 0.1) is 10.1 Å². The Morgan fingerprint density at radius 2 is 1.72 bits per heavy atom. The molecule has 0 saturated carbocycles. The molecule has 7 nitrogen and oxygen atoms in total. The van der Waals surface area contributed by atoms with Gasteiger partial charge >= 0.3 is 0 Å².